The second-order valence-corrected chi connectivity index (χ2v) is 4.37. The van der Waals surface area contributed by atoms with Crippen molar-refractivity contribution >= 4 is 0 Å². The average Bonchev–Trinajstić information content (AvgIpc) is 2.54. The maximum Gasteiger partial charge on any atom is 0.146 e. The van der Waals surface area contributed by atoms with Gasteiger partial charge in [0.25, 0.3) is 0 Å². The highest BCUT2D eigenvalue weighted by Crippen LogP contribution is 1.96. The summed E-state index contributed by atoms with van der Waals surface area (Å²) in [6.45, 7) is 9.40. The third-order valence-corrected chi connectivity index (χ3v) is 2.34. The molecule has 16 heavy (non-hydrogen) atoms. The molecule has 1 N–H and O–H groups in total. The first-order chi connectivity index (χ1) is 7.61. The van der Waals surface area contributed by atoms with Crippen LogP contribution in [0, 0.1) is 12.8 Å². The molecule has 1 aromatic heterocycles. The van der Waals surface area contributed by atoms with E-state index in [0.717, 1.165) is 38.0 Å². The van der Waals surface area contributed by atoms with Gasteiger partial charge in [-0.1, -0.05) is 13.8 Å². The second-order valence-electron chi connectivity index (χ2n) is 4.37. The van der Waals surface area contributed by atoms with E-state index in [0.29, 0.717) is 5.92 Å². The molecule has 1 rings (SSSR count). The van der Waals surface area contributed by atoms with Gasteiger partial charge >= 0.3 is 0 Å². The number of aryl methyl sites for hydroxylation is 1. The number of hydrogen-bond donors (Lipinski definition) is 1. The summed E-state index contributed by atoms with van der Waals surface area (Å²) in [5, 5.41) is 11.3. The van der Waals surface area contributed by atoms with Gasteiger partial charge in [0.1, 0.15) is 11.6 Å². The van der Waals surface area contributed by atoms with Gasteiger partial charge < -0.3 is 14.6 Å². The van der Waals surface area contributed by atoms with Crippen molar-refractivity contribution in [1.29, 1.82) is 0 Å². The summed E-state index contributed by atoms with van der Waals surface area (Å²) < 4.78 is 7.45. The molecule has 0 aliphatic carbocycles. The highest BCUT2D eigenvalue weighted by Gasteiger charge is 2.03. The van der Waals surface area contributed by atoms with Crippen LogP contribution in [0.2, 0.25) is 0 Å². The van der Waals surface area contributed by atoms with E-state index in [9.17, 15) is 0 Å². The number of nitrogens with zero attached hydrogens (tertiary/aromatic N) is 3. The molecule has 0 unspecified atom stereocenters. The Morgan fingerprint density at radius 3 is 2.69 bits per heavy atom. The van der Waals surface area contributed by atoms with Gasteiger partial charge in [0.05, 0.1) is 13.2 Å². The van der Waals surface area contributed by atoms with E-state index in [2.05, 4.69) is 29.4 Å². The van der Waals surface area contributed by atoms with E-state index < -0.39 is 0 Å². The van der Waals surface area contributed by atoms with Crippen LogP contribution in [0.3, 0.4) is 0 Å². The molecule has 1 aromatic rings. The summed E-state index contributed by atoms with van der Waals surface area (Å²) in [7, 11) is 1.97. The van der Waals surface area contributed by atoms with Crippen molar-refractivity contribution in [3.63, 3.8) is 0 Å². The lowest BCUT2D eigenvalue weighted by Crippen LogP contribution is -2.22. The van der Waals surface area contributed by atoms with Gasteiger partial charge in [-0.25, -0.2) is 0 Å². The molecule has 5 heteroatoms. The lowest BCUT2D eigenvalue weighted by Gasteiger charge is -2.07. The Bertz CT molecular complexity index is 309. The van der Waals surface area contributed by atoms with Crippen molar-refractivity contribution in [2.75, 3.05) is 19.8 Å². The summed E-state index contributed by atoms with van der Waals surface area (Å²) in [5.74, 6) is 2.50. The molecule has 5 nitrogen and oxygen atoms in total. The zero-order chi connectivity index (χ0) is 12.0. The average molecular weight is 226 g/mol. The molecule has 0 aliphatic rings. The molecular formula is C11H22N4O. The number of ether oxygens (including phenoxy) is 1. The Balaban J connectivity index is 2.10. The second kappa shape index (κ2) is 6.60. The van der Waals surface area contributed by atoms with Crippen LogP contribution >= 0.6 is 0 Å². The molecule has 0 bridgehead atoms. The highest BCUT2D eigenvalue weighted by molar-refractivity contribution is 4.91. The van der Waals surface area contributed by atoms with Gasteiger partial charge in [-0.2, -0.15) is 0 Å². The SMILES string of the molecule is Cc1nnc(CNCCOCC(C)C)n1C. The molecule has 0 atom stereocenters. The predicted molar refractivity (Wildman–Crippen MR) is 63.1 cm³/mol. The molecule has 1 heterocycles. The van der Waals surface area contributed by atoms with E-state index in [-0.39, 0.29) is 0 Å². The number of rotatable bonds is 7. The lowest BCUT2D eigenvalue weighted by atomic mass is 10.2. The first-order valence-electron chi connectivity index (χ1n) is 5.74. The molecule has 0 saturated carbocycles. The summed E-state index contributed by atoms with van der Waals surface area (Å²) in [4.78, 5) is 0. The van der Waals surface area contributed by atoms with Gasteiger partial charge in [0.15, 0.2) is 0 Å². The number of hydrogen-bond acceptors (Lipinski definition) is 4. The van der Waals surface area contributed by atoms with Crippen molar-refractivity contribution in [3.8, 4) is 0 Å². The van der Waals surface area contributed by atoms with Crippen LogP contribution < -0.4 is 5.32 Å². The molecule has 92 valence electrons. The Hall–Kier alpha value is -0.940. The van der Waals surface area contributed by atoms with E-state index in [1.807, 2.05) is 18.5 Å². The van der Waals surface area contributed by atoms with Crippen molar-refractivity contribution in [1.82, 2.24) is 20.1 Å². The van der Waals surface area contributed by atoms with E-state index in [4.69, 9.17) is 4.74 Å². The third-order valence-electron chi connectivity index (χ3n) is 2.34. The van der Waals surface area contributed by atoms with Gasteiger partial charge in [0.2, 0.25) is 0 Å². The monoisotopic (exact) mass is 226 g/mol. The van der Waals surface area contributed by atoms with Crippen LogP contribution in [-0.4, -0.2) is 34.5 Å². The molecular weight excluding hydrogens is 204 g/mol. The summed E-state index contributed by atoms with van der Waals surface area (Å²) in [6, 6.07) is 0. The van der Waals surface area contributed by atoms with Gasteiger partial charge in [-0.15, -0.1) is 10.2 Å². The molecule has 0 spiro atoms. The van der Waals surface area contributed by atoms with E-state index in [1.165, 1.54) is 0 Å². The van der Waals surface area contributed by atoms with E-state index in [1.54, 1.807) is 0 Å². The zero-order valence-corrected chi connectivity index (χ0v) is 10.7. The third kappa shape index (κ3) is 4.28. The van der Waals surface area contributed by atoms with Crippen LogP contribution in [-0.2, 0) is 18.3 Å². The number of nitrogens with one attached hydrogen (secondary N) is 1. The van der Waals surface area contributed by atoms with Gasteiger partial charge in [-0.05, 0) is 12.8 Å². The standard InChI is InChI=1S/C11H22N4O/c1-9(2)8-16-6-5-12-7-11-14-13-10(3)15(11)4/h9,12H,5-8H2,1-4H3. The van der Waals surface area contributed by atoms with Crippen molar-refractivity contribution in [3.05, 3.63) is 11.6 Å². The normalized spacial score (nSPS) is 11.3. The van der Waals surface area contributed by atoms with Crippen LogP contribution in [0.1, 0.15) is 25.5 Å². The predicted octanol–water partition coefficient (Wildman–Crippen LogP) is 0.886. The molecule has 0 aliphatic heterocycles. The van der Waals surface area contributed by atoms with Gasteiger partial charge in [-0.3, -0.25) is 0 Å². The summed E-state index contributed by atoms with van der Waals surface area (Å²) in [5.41, 5.74) is 0. The Morgan fingerprint density at radius 2 is 2.12 bits per heavy atom. The largest absolute Gasteiger partial charge is 0.380 e. The Kier molecular flexibility index (Phi) is 5.42. The minimum Gasteiger partial charge on any atom is -0.380 e. The smallest absolute Gasteiger partial charge is 0.146 e. The molecule has 0 fully saturated rings. The maximum atomic E-state index is 5.46. The molecule has 0 radical (unpaired) electrons. The first-order valence-corrected chi connectivity index (χ1v) is 5.74. The molecule has 0 aromatic carbocycles. The fourth-order valence-electron chi connectivity index (χ4n) is 1.27. The quantitative estimate of drug-likeness (QED) is 0.701. The minimum absolute atomic E-state index is 0.599. The van der Waals surface area contributed by atoms with Crippen molar-refractivity contribution in [2.24, 2.45) is 13.0 Å². The molecule has 0 amide bonds. The van der Waals surface area contributed by atoms with E-state index >= 15 is 0 Å². The topological polar surface area (TPSA) is 52.0 Å². The first kappa shape index (κ1) is 13.1. The Labute approximate surface area is 97.2 Å². The van der Waals surface area contributed by atoms with Crippen LogP contribution in [0.4, 0.5) is 0 Å². The summed E-state index contributed by atoms with van der Waals surface area (Å²) >= 11 is 0. The van der Waals surface area contributed by atoms with Crippen molar-refractivity contribution < 1.29 is 4.74 Å². The maximum absolute atomic E-state index is 5.46. The van der Waals surface area contributed by atoms with Gasteiger partial charge in [0, 0.05) is 20.2 Å². The van der Waals surface area contributed by atoms with Crippen LogP contribution in [0.25, 0.3) is 0 Å². The molecule has 0 saturated heterocycles. The summed E-state index contributed by atoms with van der Waals surface area (Å²) in [6.07, 6.45) is 0. The number of aromatic nitrogens is 3. The zero-order valence-electron chi connectivity index (χ0n) is 10.7. The van der Waals surface area contributed by atoms with Crippen LogP contribution in [0.5, 0.6) is 0 Å². The highest BCUT2D eigenvalue weighted by atomic mass is 16.5. The van der Waals surface area contributed by atoms with Crippen LogP contribution in [0.15, 0.2) is 0 Å². The fourth-order valence-corrected chi connectivity index (χ4v) is 1.27. The van der Waals surface area contributed by atoms with Crippen molar-refractivity contribution in [2.45, 2.75) is 27.3 Å². The lowest BCUT2D eigenvalue weighted by molar-refractivity contribution is 0.111. The fraction of sp³-hybridized carbons (Fsp3) is 0.818. The Morgan fingerprint density at radius 1 is 1.38 bits per heavy atom. The minimum atomic E-state index is 0.599.